The molecule has 3 aromatic rings. The van der Waals surface area contributed by atoms with Gasteiger partial charge in [-0.3, -0.25) is 5.32 Å². The molecular weight excluding hydrogens is 366 g/mol. The maximum Gasteiger partial charge on any atom is 0.412 e. The molecule has 0 bridgehead atoms. The van der Waals surface area contributed by atoms with Gasteiger partial charge in [0.05, 0.1) is 17.6 Å². The molecular formula is C19H18ClN5O2. The molecule has 0 spiro atoms. The number of aryl methyl sites for hydroxylation is 3. The van der Waals surface area contributed by atoms with Crippen LogP contribution in [0, 0.1) is 32.1 Å². The lowest BCUT2D eigenvalue weighted by atomic mass is 10.0. The zero-order valence-corrected chi connectivity index (χ0v) is 16.0. The summed E-state index contributed by atoms with van der Waals surface area (Å²) >= 11 is 5.53. The molecule has 2 aromatic heterocycles. The number of fused-ring (bicyclic) bond motifs is 1. The molecule has 0 atom stereocenters. The average molecular weight is 384 g/mol. The summed E-state index contributed by atoms with van der Waals surface area (Å²) in [5.74, 6) is 0.885. The first kappa shape index (κ1) is 18.7. The van der Waals surface area contributed by atoms with E-state index in [0.29, 0.717) is 5.82 Å². The van der Waals surface area contributed by atoms with Crippen LogP contribution < -0.4 is 5.32 Å². The van der Waals surface area contributed by atoms with Gasteiger partial charge in [0.25, 0.3) is 0 Å². The van der Waals surface area contributed by atoms with E-state index >= 15 is 0 Å². The van der Waals surface area contributed by atoms with Crippen molar-refractivity contribution in [1.29, 1.82) is 5.26 Å². The number of amides is 1. The minimum atomic E-state index is -0.710. The van der Waals surface area contributed by atoms with E-state index in [1.165, 1.54) is 10.9 Å². The Kier molecular flexibility index (Phi) is 5.28. The van der Waals surface area contributed by atoms with Gasteiger partial charge in [0, 0.05) is 5.39 Å². The van der Waals surface area contributed by atoms with Crippen molar-refractivity contribution in [3.05, 3.63) is 46.6 Å². The highest BCUT2D eigenvalue weighted by Crippen LogP contribution is 2.26. The fourth-order valence-corrected chi connectivity index (χ4v) is 3.00. The van der Waals surface area contributed by atoms with Crippen LogP contribution in [-0.4, -0.2) is 33.3 Å². The molecule has 27 heavy (non-hydrogen) atoms. The lowest BCUT2D eigenvalue weighted by molar-refractivity contribution is 0.168. The minimum Gasteiger partial charge on any atom is -0.448 e. The van der Waals surface area contributed by atoms with Gasteiger partial charge in [-0.05, 0) is 44.0 Å². The predicted octanol–water partition coefficient (Wildman–Crippen LogP) is 4.00. The van der Waals surface area contributed by atoms with Gasteiger partial charge < -0.3 is 4.74 Å². The monoisotopic (exact) mass is 383 g/mol. The van der Waals surface area contributed by atoms with Crippen LogP contribution in [0.25, 0.3) is 16.7 Å². The SMILES string of the molecule is Cc1cc(C)c2nc(-n3ncc(C#N)c3NC(=O)OCCCl)cc(C)c2c1. The van der Waals surface area contributed by atoms with E-state index in [1.807, 2.05) is 32.9 Å². The van der Waals surface area contributed by atoms with Crippen LogP contribution >= 0.6 is 11.6 Å². The molecule has 0 saturated heterocycles. The second-order valence-corrected chi connectivity index (χ2v) is 6.53. The number of nitriles is 1. The maximum atomic E-state index is 11.9. The fourth-order valence-electron chi connectivity index (χ4n) is 2.92. The molecule has 0 unspecified atom stereocenters. The van der Waals surface area contributed by atoms with Crippen molar-refractivity contribution in [2.45, 2.75) is 20.8 Å². The number of carbonyl (C=O) groups is 1. The molecule has 1 amide bonds. The van der Waals surface area contributed by atoms with Crippen molar-refractivity contribution >= 4 is 34.4 Å². The zero-order chi connectivity index (χ0) is 19.6. The number of hydrogen-bond donors (Lipinski definition) is 1. The predicted molar refractivity (Wildman–Crippen MR) is 103 cm³/mol. The number of anilines is 1. The Hall–Kier alpha value is -3.11. The molecule has 0 aliphatic heterocycles. The Morgan fingerprint density at radius 2 is 2.07 bits per heavy atom. The third kappa shape index (κ3) is 3.71. The molecule has 0 aliphatic rings. The van der Waals surface area contributed by atoms with E-state index in [9.17, 15) is 10.1 Å². The highest BCUT2D eigenvalue weighted by Gasteiger charge is 2.18. The standard InChI is InChI=1S/C19H18ClN5O2/c1-11-6-13(3)17-15(7-11)12(2)8-16(23-17)25-18(14(9-21)10-22-25)24-19(26)27-5-4-20/h6-8,10H,4-5H2,1-3H3,(H,24,26). The van der Waals surface area contributed by atoms with Crippen molar-refractivity contribution in [3.63, 3.8) is 0 Å². The van der Waals surface area contributed by atoms with Gasteiger partial charge in [-0.2, -0.15) is 15.0 Å². The van der Waals surface area contributed by atoms with Gasteiger partial charge in [0.2, 0.25) is 0 Å². The first-order valence-electron chi connectivity index (χ1n) is 8.31. The molecule has 1 aromatic carbocycles. The summed E-state index contributed by atoms with van der Waals surface area (Å²) in [6.45, 7) is 6.09. The van der Waals surface area contributed by atoms with Crippen molar-refractivity contribution in [1.82, 2.24) is 14.8 Å². The number of ether oxygens (including phenoxy) is 1. The fraction of sp³-hybridized carbons (Fsp3) is 0.263. The number of rotatable bonds is 4. The molecule has 3 rings (SSSR count). The summed E-state index contributed by atoms with van der Waals surface area (Å²) in [5.41, 5.74) is 4.27. The Morgan fingerprint density at radius 1 is 1.30 bits per heavy atom. The number of alkyl halides is 1. The second kappa shape index (κ2) is 7.64. The number of aromatic nitrogens is 3. The van der Waals surface area contributed by atoms with E-state index in [4.69, 9.17) is 21.3 Å². The molecule has 0 radical (unpaired) electrons. The lowest BCUT2D eigenvalue weighted by Crippen LogP contribution is -2.18. The topological polar surface area (TPSA) is 92.8 Å². The van der Waals surface area contributed by atoms with E-state index in [-0.39, 0.29) is 23.9 Å². The van der Waals surface area contributed by atoms with Crippen LogP contribution in [0.2, 0.25) is 0 Å². The molecule has 2 heterocycles. The Morgan fingerprint density at radius 3 is 2.78 bits per heavy atom. The van der Waals surface area contributed by atoms with Crippen molar-refractivity contribution in [2.75, 3.05) is 17.8 Å². The number of carbonyl (C=O) groups excluding carboxylic acids is 1. The highest BCUT2D eigenvalue weighted by molar-refractivity contribution is 6.18. The molecule has 0 aliphatic carbocycles. The normalized spacial score (nSPS) is 10.6. The Labute approximate surface area is 161 Å². The van der Waals surface area contributed by atoms with Crippen LogP contribution in [0.15, 0.2) is 24.4 Å². The maximum absolute atomic E-state index is 11.9. The summed E-state index contributed by atoms with van der Waals surface area (Å²) in [7, 11) is 0. The van der Waals surface area contributed by atoms with E-state index < -0.39 is 6.09 Å². The van der Waals surface area contributed by atoms with Gasteiger partial charge in [-0.25, -0.2) is 9.78 Å². The molecule has 1 N–H and O–H groups in total. The van der Waals surface area contributed by atoms with Gasteiger partial charge in [0.15, 0.2) is 11.6 Å². The Balaban J connectivity index is 2.10. The van der Waals surface area contributed by atoms with Crippen LogP contribution in [0.3, 0.4) is 0 Å². The molecule has 8 heteroatoms. The van der Waals surface area contributed by atoms with E-state index in [0.717, 1.165) is 27.6 Å². The molecule has 138 valence electrons. The second-order valence-electron chi connectivity index (χ2n) is 6.16. The third-order valence-corrected chi connectivity index (χ3v) is 4.23. The minimum absolute atomic E-state index is 0.0648. The van der Waals surface area contributed by atoms with Crippen LogP contribution in [0.4, 0.5) is 10.6 Å². The molecule has 0 saturated carbocycles. The number of benzene rings is 1. The summed E-state index contributed by atoms with van der Waals surface area (Å²) < 4.78 is 6.35. The largest absolute Gasteiger partial charge is 0.448 e. The highest BCUT2D eigenvalue weighted by atomic mass is 35.5. The van der Waals surface area contributed by atoms with Gasteiger partial charge >= 0.3 is 6.09 Å². The number of halogens is 1. The number of nitrogens with one attached hydrogen (secondary N) is 1. The van der Waals surface area contributed by atoms with Crippen molar-refractivity contribution < 1.29 is 9.53 Å². The van der Waals surface area contributed by atoms with Crippen LogP contribution in [-0.2, 0) is 4.74 Å². The van der Waals surface area contributed by atoms with Crippen molar-refractivity contribution in [2.24, 2.45) is 0 Å². The summed E-state index contributed by atoms with van der Waals surface area (Å²) in [4.78, 5) is 16.6. The van der Waals surface area contributed by atoms with Crippen LogP contribution in [0.1, 0.15) is 22.3 Å². The van der Waals surface area contributed by atoms with Gasteiger partial charge in [-0.1, -0.05) is 11.6 Å². The van der Waals surface area contributed by atoms with Gasteiger partial charge in [0.1, 0.15) is 18.2 Å². The third-order valence-electron chi connectivity index (χ3n) is 4.08. The van der Waals surface area contributed by atoms with Gasteiger partial charge in [-0.15, -0.1) is 11.6 Å². The summed E-state index contributed by atoms with van der Waals surface area (Å²) in [5, 5.41) is 17.2. The average Bonchev–Trinajstić information content (AvgIpc) is 3.03. The number of pyridine rings is 1. The summed E-state index contributed by atoms with van der Waals surface area (Å²) in [6, 6.07) is 8.02. The van der Waals surface area contributed by atoms with E-state index in [1.54, 1.807) is 0 Å². The van der Waals surface area contributed by atoms with Crippen LogP contribution in [0.5, 0.6) is 0 Å². The molecule has 7 nitrogen and oxygen atoms in total. The quantitative estimate of drug-likeness (QED) is 0.687. The molecule has 0 fully saturated rings. The first-order chi connectivity index (χ1) is 12.9. The lowest BCUT2D eigenvalue weighted by Gasteiger charge is -2.12. The number of nitrogens with zero attached hydrogens (tertiary/aromatic N) is 4. The van der Waals surface area contributed by atoms with Crippen molar-refractivity contribution in [3.8, 4) is 11.9 Å². The van der Waals surface area contributed by atoms with E-state index in [2.05, 4.69) is 22.5 Å². The summed E-state index contributed by atoms with van der Waals surface area (Å²) in [6.07, 6.45) is 0.665. The first-order valence-corrected chi connectivity index (χ1v) is 8.85. The zero-order valence-electron chi connectivity index (χ0n) is 15.2. The number of hydrogen-bond acceptors (Lipinski definition) is 5. The Bertz CT molecular complexity index is 1070. The smallest absolute Gasteiger partial charge is 0.412 e.